The normalized spacial score (nSPS) is 13.3. The lowest BCUT2D eigenvalue weighted by Crippen LogP contribution is -2.31. The molecule has 57 heavy (non-hydrogen) atoms. The van der Waals surface area contributed by atoms with Gasteiger partial charge in [-0.25, -0.2) is 9.97 Å². The van der Waals surface area contributed by atoms with Gasteiger partial charge < -0.3 is 4.42 Å². The highest BCUT2D eigenvalue weighted by molar-refractivity contribution is 7.99. The maximum absolute atomic E-state index is 6.29. The Morgan fingerprint density at radius 1 is 0.368 bits per heavy atom. The molecule has 0 N–H and O–H groups in total. The van der Waals surface area contributed by atoms with Gasteiger partial charge >= 0.3 is 0 Å². The predicted molar refractivity (Wildman–Crippen MR) is 232 cm³/mol. The maximum atomic E-state index is 6.29. The van der Waals surface area contributed by atoms with E-state index in [2.05, 4.69) is 164 Å². The molecule has 0 saturated heterocycles. The first kappa shape index (κ1) is 32.3. The summed E-state index contributed by atoms with van der Waals surface area (Å²) >= 11 is 1.87. The van der Waals surface area contributed by atoms with Crippen molar-refractivity contribution in [3.63, 3.8) is 0 Å². The molecule has 0 amide bonds. The van der Waals surface area contributed by atoms with Crippen molar-refractivity contribution >= 4 is 33.7 Å². The van der Waals surface area contributed by atoms with Gasteiger partial charge in [0.25, 0.3) is 0 Å². The largest absolute Gasteiger partial charge is 0.456 e. The standard InChI is InChI=1S/C53H32N2OS/c1-2-13-33(14-3-1)52-54-46(32-47(55-52)37-25-27-41-40-19-6-10-23-48(40)56-49(41)30-37)36-16-12-15-34(29-36)35-26-28-45-51(31-35)57-50-24-11-9-22-44(50)53(45)42-20-7-4-17-38(42)39-18-5-8-21-43(39)53/h1-32H. The molecule has 2 aliphatic rings. The number of para-hydroxylation sites is 1. The van der Waals surface area contributed by atoms with Crippen LogP contribution in [0.2, 0.25) is 0 Å². The third-order valence-electron chi connectivity index (χ3n) is 11.8. The summed E-state index contributed by atoms with van der Waals surface area (Å²) in [5, 5.41) is 2.21. The molecule has 1 spiro atoms. The maximum Gasteiger partial charge on any atom is 0.160 e. The van der Waals surface area contributed by atoms with Gasteiger partial charge in [0.2, 0.25) is 0 Å². The van der Waals surface area contributed by atoms with Crippen molar-refractivity contribution in [3.05, 3.63) is 216 Å². The summed E-state index contributed by atoms with van der Waals surface area (Å²) in [5.41, 5.74) is 16.4. The van der Waals surface area contributed by atoms with Gasteiger partial charge in [-0.3, -0.25) is 0 Å². The summed E-state index contributed by atoms with van der Waals surface area (Å²) in [6.45, 7) is 0. The Balaban J connectivity index is 0.994. The van der Waals surface area contributed by atoms with Gasteiger partial charge in [-0.15, -0.1) is 0 Å². The molecule has 3 heterocycles. The third-order valence-corrected chi connectivity index (χ3v) is 12.9. The van der Waals surface area contributed by atoms with Gasteiger partial charge in [-0.2, -0.15) is 0 Å². The summed E-state index contributed by atoms with van der Waals surface area (Å²) in [6, 6.07) is 69.6. The minimum absolute atomic E-state index is 0.388. The van der Waals surface area contributed by atoms with Gasteiger partial charge in [0.1, 0.15) is 11.2 Å². The molecule has 4 heteroatoms. The Kier molecular flexibility index (Phi) is 7.08. The Morgan fingerprint density at radius 2 is 0.947 bits per heavy atom. The van der Waals surface area contributed by atoms with Crippen LogP contribution in [-0.2, 0) is 5.41 Å². The minimum atomic E-state index is -0.388. The number of rotatable bonds is 4. The SMILES string of the molecule is c1ccc(-c2nc(-c3cccc(-c4ccc5c(c4)Sc4ccccc4C54c5ccccc5-c5ccccc54)c3)cc(-c3ccc4c(c3)oc3ccccc34)n2)cc1. The van der Waals surface area contributed by atoms with Crippen molar-refractivity contribution in [3.8, 4) is 56.2 Å². The number of furan rings is 1. The van der Waals surface area contributed by atoms with Crippen LogP contribution in [0.25, 0.3) is 78.1 Å². The fourth-order valence-electron chi connectivity index (χ4n) is 9.24. The molecule has 10 aromatic rings. The molecule has 1 aliphatic heterocycles. The average molecular weight is 745 g/mol. The zero-order chi connectivity index (χ0) is 37.5. The summed E-state index contributed by atoms with van der Waals surface area (Å²) in [5.74, 6) is 0.685. The van der Waals surface area contributed by atoms with Crippen molar-refractivity contribution < 1.29 is 4.42 Å². The monoisotopic (exact) mass is 744 g/mol. The van der Waals surface area contributed by atoms with Crippen LogP contribution in [0.1, 0.15) is 22.3 Å². The third kappa shape index (κ3) is 4.87. The quantitative estimate of drug-likeness (QED) is 0.180. The van der Waals surface area contributed by atoms with Gasteiger partial charge in [0.05, 0.1) is 16.8 Å². The first-order valence-electron chi connectivity index (χ1n) is 19.3. The lowest BCUT2D eigenvalue weighted by molar-refractivity contribution is 0.669. The van der Waals surface area contributed by atoms with E-state index < -0.39 is 0 Å². The van der Waals surface area contributed by atoms with Gasteiger partial charge in [0, 0.05) is 37.3 Å². The van der Waals surface area contributed by atoms with E-state index in [1.54, 1.807) is 0 Å². The van der Waals surface area contributed by atoms with Crippen LogP contribution in [0.4, 0.5) is 0 Å². The Morgan fingerprint density at radius 3 is 1.75 bits per heavy atom. The summed E-state index contributed by atoms with van der Waals surface area (Å²) in [6.07, 6.45) is 0. The lowest BCUT2D eigenvalue weighted by Gasteiger charge is -2.39. The lowest BCUT2D eigenvalue weighted by atomic mass is 9.67. The fourth-order valence-corrected chi connectivity index (χ4v) is 10.5. The summed E-state index contributed by atoms with van der Waals surface area (Å²) in [4.78, 5) is 12.9. The van der Waals surface area contributed by atoms with Crippen molar-refractivity contribution in [1.29, 1.82) is 0 Å². The van der Waals surface area contributed by atoms with E-state index in [0.717, 1.165) is 55.6 Å². The fraction of sp³-hybridized carbons (Fsp3) is 0.0189. The van der Waals surface area contributed by atoms with Crippen LogP contribution in [0.3, 0.4) is 0 Å². The molecular formula is C53H32N2OS. The van der Waals surface area contributed by atoms with E-state index in [1.165, 1.54) is 48.7 Å². The summed E-state index contributed by atoms with van der Waals surface area (Å²) < 4.78 is 6.29. The van der Waals surface area contributed by atoms with Crippen LogP contribution < -0.4 is 0 Å². The van der Waals surface area contributed by atoms with E-state index in [4.69, 9.17) is 14.4 Å². The molecule has 0 fully saturated rings. The first-order valence-corrected chi connectivity index (χ1v) is 20.1. The number of aromatic nitrogens is 2. The van der Waals surface area contributed by atoms with Crippen LogP contribution in [-0.4, -0.2) is 9.97 Å². The number of hydrogen-bond acceptors (Lipinski definition) is 4. The van der Waals surface area contributed by atoms with Crippen LogP contribution in [0, 0.1) is 0 Å². The second kappa shape index (κ2) is 12.5. The van der Waals surface area contributed by atoms with E-state index in [1.807, 2.05) is 42.1 Å². The van der Waals surface area contributed by atoms with E-state index in [0.29, 0.717) is 5.82 Å². The topological polar surface area (TPSA) is 38.9 Å². The average Bonchev–Trinajstić information content (AvgIpc) is 3.80. The van der Waals surface area contributed by atoms with Crippen LogP contribution in [0.5, 0.6) is 0 Å². The number of hydrogen-bond donors (Lipinski definition) is 0. The highest BCUT2D eigenvalue weighted by atomic mass is 32.2. The van der Waals surface area contributed by atoms with Gasteiger partial charge in [-0.1, -0.05) is 163 Å². The molecule has 266 valence electrons. The number of fused-ring (bicyclic) bond motifs is 12. The second-order valence-electron chi connectivity index (χ2n) is 14.9. The molecule has 0 saturated carbocycles. The molecule has 0 atom stereocenters. The van der Waals surface area contributed by atoms with E-state index in [9.17, 15) is 0 Å². The molecule has 3 nitrogen and oxygen atoms in total. The molecular weight excluding hydrogens is 713 g/mol. The van der Waals surface area contributed by atoms with Crippen molar-refractivity contribution in [2.45, 2.75) is 15.2 Å². The van der Waals surface area contributed by atoms with Gasteiger partial charge in [0.15, 0.2) is 5.82 Å². The van der Waals surface area contributed by atoms with Crippen LogP contribution >= 0.6 is 11.8 Å². The van der Waals surface area contributed by atoms with Gasteiger partial charge in [-0.05, 0) is 87.0 Å². The molecule has 1 aliphatic carbocycles. The Labute approximate surface area is 334 Å². The molecule has 0 radical (unpaired) electrons. The Hall–Kier alpha value is -7.01. The van der Waals surface area contributed by atoms with Crippen LogP contribution in [0.15, 0.2) is 208 Å². The van der Waals surface area contributed by atoms with E-state index in [-0.39, 0.29) is 5.41 Å². The number of nitrogens with zero attached hydrogens (tertiary/aromatic N) is 2. The highest BCUT2D eigenvalue weighted by Crippen LogP contribution is 2.62. The molecule has 12 rings (SSSR count). The number of benzene rings is 8. The Bertz CT molecular complexity index is 3190. The highest BCUT2D eigenvalue weighted by Gasteiger charge is 2.50. The first-order chi connectivity index (χ1) is 28.2. The molecule has 2 aromatic heterocycles. The van der Waals surface area contributed by atoms with Crippen molar-refractivity contribution in [1.82, 2.24) is 9.97 Å². The zero-order valence-electron chi connectivity index (χ0n) is 30.7. The summed E-state index contributed by atoms with van der Waals surface area (Å²) in [7, 11) is 0. The van der Waals surface area contributed by atoms with Crippen molar-refractivity contribution in [2.75, 3.05) is 0 Å². The predicted octanol–water partition coefficient (Wildman–Crippen LogP) is 13.9. The smallest absolute Gasteiger partial charge is 0.160 e. The zero-order valence-corrected chi connectivity index (χ0v) is 31.5. The molecule has 0 bridgehead atoms. The molecule has 0 unspecified atom stereocenters. The molecule has 8 aromatic carbocycles. The van der Waals surface area contributed by atoms with Crippen molar-refractivity contribution in [2.24, 2.45) is 0 Å². The minimum Gasteiger partial charge on any atom is -0.456 e. The second-order valence-corrected chi connectivity index (χ2v) is 16.0. The van der Waals surface area contributed by atoms with E-state index >= 15 is 0 Å².